The number of nitro groups is 1. The Kier molecular flexibility index (Phi) is 5.40. The minimum Gasteiger partial charge on any atom is -0.378 e. The largest absolute Gasteiger partial charge is 0.378 e. The van der Waals surface area contributed by atoms with Crippen molar-refractivity contribution >= 4 is 27.1 Å². The molecular formula is C26H25N3O4S. The standard InChI is InChI=1S/C26H25N3O4S/c1-16-9-10-19(13-17(16)2)28-34(32,33)21-11-12-25-24(15-21)22-7-4-8-23(22)26(27-25)18-5-3-6-20(14-18)29(30)31/h3-7,9-15,22-23,26-28H,8H2,1-2H3. The van der Waals surface area contributed by atoms with Gasteiger partial charge in [-0.15, -0.1) is 0 Å². The zero-order chi connectivity index (χ0) is 24.0. The third-order valence-corrected chi connectivity index (χ3v) is 8.22. The minimum atomic E-state index is -3.76. The first-order valence-electron chi connectivity index (χ1n) is 11.1. The number of hydrogen-bond acceptors (Lipinski definition) is 5. The molecule has 3 aromatic carbocycles. The van der Waals surface area contributed by atoms with Gasteiger partial charge in [-0.2, -0.15) is 0 Å². The lowest BCUT2D eigenvalue weighted by atomic mass is 9.77. The van der Waals surface area contributed by atoms with E-state index in [0.29, 0.717) is 5.69 Å². The Balaban J connectivity index is 1.48. The van der Waals surface area contributed by atoms with Crippen molar-refractivity contribution in [3.8, 4) is 0 Å². The van der Waals surface area contributed by atoms with E-state index in [1.165, 1.54) is 6.07 Å². The number of nitrogens with zero attached hydrogens (tertiary/aromatic N) is 1. The Bertz CT molecular complexity index is 1430. The molecule has 1 aliphatic carbocycles. The summed E-state index contributed by atoms with van der Waals surface area (Å²) in [6, 6.07) is 17.2. The van der Waals surface area contributed by atoms with Crippen molar-refractivity contribution < 1.29 is 13.3 Å². The Hall–Kier alpha value is -3.65. The van der Waals surface area contributed by atoms with E-state index in [2.05, 4.69) is 22.2 Å². The maximum Gasteiger partial charge on any atom is 0.269 e. The van der Waals surface area contributed by atoms with Gasteiger partial charge in [0, 0.05) is 29.4 Å². The summed E-state index contributed by atoms with van der Waals surface area (Å²) in [5.41, 5.74) is 5.32. The first-order valence-corrected chi connectivity index (χ1v) is 12.6. The molecule has 3 atom stereocenters. The molecule has 0 fully saturated rings. The highest BCUT2D eigenvalue weighted by atomic mass is 32.2. The fraction of sp³-hybridized carbons (Fsp3) is 0.231. The molecule has 34 heavy (non-hydrogen) atoms. The highest BCUT2D eigenvalue weighted by Gasteiger charge is 2.38. The second-order valence-electron chi connectivity index (χ2n) is 8.98. The van der Waals surface area contributed by atoms with Gasteiger partial charge in [0.1, 0.15) is 0 Å². The van der Waals surface area contributed by atoms with E-state index in [9.17, 15) is 18.5 Å². The molecule has 2 N–H and O–H groups in total. The van der Waals surface area contributed by atoms with Gasteiger partial charge in [0.05, 0.1) is 15.9 Å². The SMILES string of the molecule is Cc1ccc(NS(=O)(=O)c2ccc3c(c2)C2C=CCC2C(c2cccc([N+](=O)[O-])c2)N3)cc1C. The normalized spacial score (nSPS) is 20.8. The summed E-state index contributed by atoms with van der Waals surface area (Å²) in [5, 5.41) is 14.8. The van der Waals surface area contributed by atoms with Crippen molar-refractivity contribution in [3.63, 3.8) is 0 Å². The molecule has 0 spiro atoms. The van der Waals surface area contributed by atoms with Gasteiger partial charge in [-0.1, -0.05) is 30.4 Å². The lowest BCUT2D eigenvalue weighted by Crippen LogP contribution is -2.29. The van der Waals surface area contributed by atoms with Crippen molar-refractivity contribution in [3.05, 3.63) is 105 Å². The van der Waals surface area contributed by atoms with E-state index in [0.717, 1.165) is 34.4 Å². The third-order valence-electron chi connectivity index (χ3n) is 6.84. The van der Waals surface area contributed by atoms with E-state index >= 15 is 0 Å². The van der Waals surface area contributed by atoms with Crippen LogP contribution in [-0.4, -0.2) is 13.3 Å². The molecule has 0 aromatic heterocycles. The van der Waals surface area contributed by atoms with Crippen LogP contribution in [0.15, 0.2) is 77.7 Å². The Labute approximate surface area is 198 Å². The van der Waals surface area contributed by atoms with Crippen LogP contribution in [0.25, 0.3) is 0 Å². The second kappa shape index (κ2) is 8.29. The molecule has 1 heterocycles. The van der Waals surface area contributed by atoms with Gasteiger partial charge in [0.25, 0.3) is 15.7 Å². The number of nitro benzene ring substituents is 1. The third kappa shape index (κ3) is 3.94. The predicted octanol–water partition coefficient (Wildman–Crippen LogP) is 5.84. The molecule has 0 saturated heterocycles. The first-order chi connectivity index (χ1) is 16.2. The molecule has 3 unspecified atom stereocenters. The van der Waals surface area contributed by atoms with Crippen LogP contribution in [0, 0.1) is 29.9 Å². The average Bonchev–Trinajstić information content (AvgIpc) is 3.31. The van der Waals surface area contributed by atoms with Gasteiger partial charge >= 0.3 is 0 Å². The minimum absolute atomic E-state index is 0.0253. The van der Waals surface area contributed by atoms with Crippen LogP contribution < -0.4 is 10.0 Å². The van der Waals surface area contributed by atoms with Crippen LogP contribution in [0.5, 0.6) is 0 Å². The quantitative estimate of drug-likeness (QED) is 0.274. The number of benzene rings is 3. The monoisotopic (exact) mass is 475 g/mol. The molecule has 8 heteroatoms. The van der Waals surface area contributed by atoms with Crippen LogP contribution in [0.4, 0.5) is 17.1 Å². The Morgan fingerprint density at radius 2 is 1.85 bits per heavy atom. The molecule has 3 aromatic rings. The van der Waals surface area contributed by atoms with E-state index in [1.54, 1.807) is 36.4 Å². The van der Waals surface area contributed by atoms with Gasteiger partial charge in [-0.25, -0.2) is 8.42 Å². The molecule has 0 radical (unpaired) electrons. The maximum absolute atomic E-state index is 13.1. The van der Waals surface area contributed by atoms with Crippen LogP contribution >= 0.6 is 0 Å². The number of hydrogen-bond donors (Lipinski definition) is 2. The van der Waals surface area contributed by atoms with Gasteiger partial charge in [0.15, 0.2) is 0 Å². The first kappa shape index (κ1) is 22.2. The topological polar surface area (TPSA) is 101 Å². The number of allylic oxidation sites excluding steroid dienone is 2. The van der Waals surface area contributed by atoms with Crippen LogP contribution in [0.3, 0.4) is 0 Å². The number of rotatable bonds is 5. The van der Waals surface area contributed by atoms with E-state index < -0.39 is 10.0 Å². The number of aryl methyl sites for hydroxylation is 2. The number of non-ortho nitro benzene ring substituents is 1. The average molecular weight is 476 g/mol. The van der Waals surface area contributed by atoms with Gasteiger partial charge < -0.3 is 5.32 Å². The lowest BCUT2D eigenvalue weighted by molar-refractivity contribution is -0.384. The fourth-order valence-electron chi connectivity index (χ4n) is 4.92. The molecule has 5 rings (SSSR count). The molecule has 0 saturated carbocycles. The van der Waals surface area contributed by atoms with E-state index in [-0.39, 0.29) is 33.4 Å². The summed E-state index contributed by atoms with van der Waals surface area (Å²) in [7, 11) is -3.76. The summed E-state index contributed by atoms with van der Waals surface area (Å²) in [6.45, 7) is 3.93. The van der Waals surface area contributed by atoms with Crippen LogP contribution in [-0.2, 0) is 10.0 Å². The summed E-state index contributed by atoms with van der Waals surface area (Å²) in [4.78, 5) is 11.1. The van der Waals surface area contributed by atoms with Crippen LogP contribution in [0.2, 0.25) is 0 Å². The zero-order valence-electron chi connectivity index (χ0n) is 18.9. The van der Waals surface area contributed by atoms with E-state index in [4.69, 9.17) is 0 Å². The van der Waals surface area contributed by atoms with Crippen LogP contribution in [0.1, 0.15) is 40.6 Å². The molecule has 174 valence electrons. The Morgan fingerprint density at radius 1 is 1.03 bits per heavy atom. The lowest BCUT2D eigenvalue weighted by Gasteiger charge is -2.37. The van der Waals surface area contributed by atoms with Gasteiger partial charge in [0.2, 0.25) is 0 Å². The molecule has 0 bridgehead atoms. The van der Waals surface area contributed by atoms with Crippen molar-refractivity contribution in [1.82, 2.24) is 0 Å². The second-order valence-corrected chi connectivity index (χ2v) is 10.7. The number of sulfonamides is 1. The highest BCUT2D eigenvalue weighted by Crippen LogP contribution is 2.50. The van der Waals surface area contributed by atoms with Gasteiger partial charge in [-0.3, -0.25) is 14.8 Å². The van der Waals surface area contributed by atoms with Crippen molar-refractivity contribution in [2.45, 2.75) is 37.1 Å². The fourth-order valence-corrected chi connectivity index (χ4v) is 6.00. The number of nitrogens with one attached hydrogen (secondary N) is 2. The summed E-state index contributed by atoms with van der Waals surface area (Å²) < 4.78 is 29.0. The maximum atomic E-state index is 13.1. The molecule has 0 amide bonds. The van der Waals surface area contributed by atoms with Crippen molar-refractivity contribution in [2.75, 3.05) is 10.0 Å². The number of fused-ring (bicyclic) bond motifs is 3. The summed E-state index contributed by atoms with van der Waals surface area (Å²) >= 11 is 0. The number of anilines is 2. The van der Waals surface area contributed by atoms with Crippen molar-refractivity contribution in [2.24, 2.45) is 5.92 Å². The predicted molar refractivity (Wildman–Crippen MR) is 133 cm³/mol. The van der Waals surface area contributed by atoms with E-state index in [1.807, 2.05) is 32.0 Å². The highest BCUT2D eigenvalue weighted by molar-refractivity contribution is 7.92. The zero-order valence-corrected chi connectivity index (χ0v) is 19.7. The Morgan fingerprint density at radius 3 is 2.62 bits per heavy atom. The molecule has 1 aliphatic heterocycles. The van der Waals surface area contributed by atoms with Crippen molar-refractivity contribution in [1.29, 1.82) is 0 Å². The molecular weight excluding hydrogens is 450 g/mol. The molecule has 7 nitrogen and oxygen atoms in total. The molecule has 2 aliphatic rings. The van der Waals surface area contributed by atoms with Gasteiger partial charge in [-0.05, 0) is 78.8 Å². The summed E-state index contributed by atoms with van der Waals surface area (Å²) in [6.07, 6.45) is 5.02. The summed E-state index contributed by atoms with van der Waals surface area (Å²) in [5.74, 6) is 0.164. The smallest absolute Gasteiger partial charge is 0.269 e.